The molecule has 1 fully saturated rings. The van der Waals surface area contributed by atoms with E-state index in [0.717, 1.165) is 5.56 Å². The molecule has 1 saturated heterocycles. The van der Waals surface area contributed by atoms with Crippen molar-refractivity contribution in [1.82, 2.24) is 4.98 Å². The quantitative estimate of drug-likeness (QED) is 0.328. The number of ketones is 1. The van der Waals surface area contributed by atoms with E-state index in [4.69, 9.17) is 9.47 Å². The number of pyridine rings is 1. The van der Waals surface area contributed by atoms with Crippen LogP contribution in [-0.2, 0) is 20.7 Å². The molecule has 9 nitrogen and oxygen atoms in total. The van der Waals surface area contributed by atoms with Crippen molar-refractivity contribution < 1.29 is 24.0 Å². The lowest BCUT2D eigenvalue weighted by Gasteiger charge is -2.33. The Balaban J connectivity index is 1.70. The summed E-state index contributed by atoms with van der Waals surface area (Å²) in [5.41, 5.74) is 1.04. The Hall–Kier alpha value is -3.49. The third-order valence-corrected chi connectivity index (χ3v) is 5.37. The lowest BCUT2D eigenvalue weighted by Crippen LogP contribution is -2.49. The molecule has 1 aromatic heterocycles. The van der Waals surface area contributed by atoms with E-state index in [1.54, 1.807) is 37.1 Å². The standard InChI is InChI=1S/C23H27N3O6/c1-3-31-23(28)18-11-13-25(22(14-18)26(29)30)21-15-20(10-12-24-21)32-19-8-6-17(7-9-19)5-4-16(2)27/h6-10,12,15,18,22H,3-5,11,13-14H2,1-2H3. The van der Waals surface area contributed by atoms with Gasteiger partial charge in [-0.25, -0.2) is 4.98 Å². The highest BCUT2D eigenvalue weighted by Crippen LogP contribution is 2.31. The molecule has 3 rings (SSSR count). The monoisotopic (exact) mass is 441 g/mol. The number of anilines is 1. The predicted molar refractivity (Wildman–Crippen MR) is 117 cm³/mol. The van der Waals surface area contributed by atoms with E-state index in [1.165, 1.54) is 0 Å². The lowest BCUT2D eigenvalue weighted by atomic mass is 9.94. The number of rotatable bonds is 9. The molecule has 0 radical (unpaired) electrons. The zero-order valence-electron chi connectivity index (χ0n) is 18.2. The van der Waals surface area contributed by atoms with E-state index in [9.17, 15) is 19.7 Å². The van der Waals surface area contributed by atoms with Gasteiger partial charge in [0.25, 0.3) is 6.17 Å². The van der Waals surface area contributed by atoms with Crippen LogP contribution in [0, 0.1) is 16.0 Å². The second-order valence-electron chi connectivity index (χ2n) is 7.73. The third-order valence-electron chi connectivity index (χ3n) is 5.37. The molecule has 0 N–H and O–H groups in total. The molecule has 2 atom stereocenters. The lowest BCUT2D eigenvalue weighted by molar-refractivity contribution is -0.525. The third kappa shape index (κ3) is 6.03. The van der Waals surface area contributed by atoms with Gasteiger partial charge in [0, 0.05) is 36.6 Å². The molecular weight excluding hydrogens is 414 g/mol. The van der Waals surface area contributed by atoms with Gasteiger partial charge in [0.15, 0.2) is 0 Å². The summed E-state index contributed by atoms with van der Waals surface area (Å²) in [6.45, 7) is 3.85. The summed E-state index contributed by atoms with van der Waals surface area (Å²) in [7, 11) is 0. The van der Waals surface area contributed by atoms with Gasteiger partial charge in [-0.05, 0) is 50.5 Å². The average molecular weight is 441 g/mol. The normalized spacial score (nSPS) is 18.1. The minimum Gasteiger partial charge on any atom is -0.466 e. The molecule has 1 aliphatic rings. The Bertz CT molecular complexity index is 962. The molecule has 2 aromatic rings. The van der Waals surface area contributed by atoms with Crippen molar-refractivity contribution in [2.75, 3.05) is 18.1 Å². The van der Waals surface area contributed by atoms with Crippen molar-refractivity contribution in [3.63, 3.8) is 0 Å². The molecule has 0 spiro atoms. The molecule has 0 amide bonds. The summed E-state index contributed by atoms with van der Waals surface area (Å²) in [4.78, 5) is 40.4. The number of Topliss-reactive ketones (excluding diaryl/α,β-unsaturated/α-hetero) is 1. The number of piperidine rings is 1. The Kier molecular flexibility index (Phi) is 7.75. The molecule has 1 aromatic carbocycles. The van der Waals surface area contributed by atoms with E-state index < -0.39 is 18.1 Å². The second-order valence-corrected chi connectivity index (χ2v) is 7.73. The zero-order chi connectivity index (χ0) is 23.1. The van der Waals surface area contributed by atoms with Crippen molar-refractivity contribution >= 4 is 17.6 Å². The van der Waals surface area contributed by atoms with Crippen LogP contribution >= 0.6 is 0 Å². The van der Waals surface area contributed by atoms with Crippen LogP contribution in [0.1, 0.15) is 38.7 Å². The summed E-state index contributed by atoms with van der Waals surface area (Å²) in [6, 6.07) is 10.8. The van der Waals surface area contributed by atoms with Crippen LogP contribution in [0.15, 0.2) is 42.6 Å². The number of benzene rings is 1. The number of aromatic nitrogens is 1. The van der Waals surface area contributed by atoms with Crippen molar-refractivity contribution in [2.45, 2.75) is 45.7 Å². The van der Waals surface area contributed by atoms with Crippen LogP contribution in [0.25, 0.3) is 0 Å². The summed E-state index contributed by atoms with van der Waals surface area (Å²) < 4.78 is 10.9. The van der Waals surface area contributed by atoms with Crippen LogP contribution in [0.2, 0.25) is 0 Å². The summed E-state index contributed by atoms with van der Waals surface area (Å²) >= 11 is 0. The smallest absolute Gasteiger partial charge is 0.309 e. The first kappa shape index (κ1) is 23.2. The number of ether oxygens (including phenoxy) is 2. The fourth-order valence-electron chi connectivity index (χ4n) is 3.69. The molecule has 170 valence electrons. The first-order chi connectivity index (χ1) is 15.4. The number of carbonyl (C=O) groups excluding carboxylic acids is 2. The van der Waals surface area contributed by atoms with Gasteiger partial charge in [0.05, 0.1) is 12.5 Å². The van der Waals surface area contributed by atoms with Gasteiger partial charge in [-0.3, -0.25) is 19.8 Å². The predicted octanol–water partition coefficient (Wildman–Crippen LogP) is 3.78. The van der Waals surface area contributed by atoms with Crippen molar-refractivity contribution in [2.24, 2.45) is 5.92 Å². The molecule has 2 heterocycles. The SMILES string of the molecule is CCOC(=O)C1CCN(c2cc(Oc3ccc(CCC(C)=O)cc3)ccn2)C([N+](=O)[O-])C1. The maximum atomic E-state index is 12.0. The van der Waals surface area contributed by atoms with Crippen molar-refractivity contribution in [3.05, 3.63) is 58.3 Å². The van der Waals surface area contributed by atoms with E-state index in [1.807, 2.05) is 24.3 Å². The molecule has 2 unspecified atom stereocenters. The molecule has 0 aliphatic carbocycles. The maximum Gasteiger partial charge on any atom is 0.309 e. The minimum atomic E-state index is -1.07. The van der Waals surface area contributed by atoms with Gasteiger partial charge in [0.1, 0.15) is 23.1 Å². The van der Waals surface area contributed by atoms with E-state index in [-0.39, 0.29) is 23.7 Å². The van der Waals surface area contributed by atoms with Gasteiger partial charge in [-0.1, -0.05) is 12.1 Å². The van der Waals surface area contributed by atoms with E-state index in [2.05, 4.69) is 4.98 Å². The maximum absolute atomic E-state index is 12.0. The van der Waals surface area contributed by atoms with Crippen LogP contribution in [-0.4, -0.2) is 41.0 Å². The van der Waals surface area contributed by atoms with Gasteiger partial charge < -0.3 is 14.3 Å². The van der Waals surface area contributed by atoms with Crippen LogP contribution in [0.3, 0.4) is 0 Å². The summed E-state index contributed by atoms with van der Waals surface area (Å²) in [5.74, 6) is 0.790. The highest BCUT2D eigenvalue weighted by atomic mass is 16.6. The number of aryl methyl sites for hydroxylation is 1. The Morgan fingerprint density at radius 1 is 1.22 bits per heavy atom. The minimum absolute atomic E-state index is 0.0698. The summed E-state index contributed by atoms with van der Waals surface area (Å²) in [5, 5.41) is 11.7. The highest BCUT2D eigenvalue weighted by Gasteiger charge is 2.40. The summed E-state index contributed by atoms with van der Waals surface area (Å²) in [6.07, 6.45) is 2.18. The largest absolute Gasteiger partial charge is 0.466 e. The zero-order valence-corrected chi connectivity index (χ0v) is 18.2. The number of hydrogen-bond donors (Lipinski definition) is 0. The topological polar surface area (TPSA) is 112 Å². The fraction of sp³-hybridized carbons (Fsp3) is 0.435. The van der Waals surface area contributed by atoms with E-state index in [0.29, 0.717) is 43.1 Å². The Morgan fingerprint density at radius 3 is 2.62 bits per heavy atom. The highest BCUT2D eigenvalue weighted by molar-refractivity contribution is 5.75. The number of hydrogen-bond acceptors (Lipinski definition) is 8. The van der Waals surface area contributed by atoms with Crippen molar-refractivity contribution in [3.8, 4) is 11.5 Å². The van der Waals surface area contributed by atoms with Crippen LogP contribution in [0.4, 0.5) is 5.82 Å². The molecular formula is C23H27N3O6. The molecule has 1 aliphatic heterocycles. The first-order valence-corrected chi connectivity index (χ1v) is 10.7. The molecule has 32 heavy (non-hydrogen) atoms. The van der Waals surface area contributed by atoms with E-state index >= 15 is 0 Å². The number of carbonyl (C=O) groups is 2. The molecule has 0 bridgehead atoms. The van der Waals surface area contributed by atoms with Gasteiger partial charge in [0.2, 0.25) is 0 Å². The Labute approximate surface area is 186 Å². The molecule has 9 heteroatoms. The van der Waals surface area contributed by atoms with Gasteiger partial charge in [-0.2, -0.15) is 0 Å². The molecule has 0 saturated carbocycles. The van der Waals surface area contributed by atoms with Crippen molar-refractivity contribution in [1.29, 1.82) is 0 Å². The number of nitro groups is 1. The second kappa shape index (κ2) is 10.7. The fourth-order valence-corrected chi connectivity index (χ4v) is 3.69. The van der Waals surface area contributed by atoms with Crippen LogP contribution < -0.4 is 9.64 Å². The van der Waals surface area contributed by atoms with Crippen LogP contribution in [0.5, 0.6) is 11.5 Å². The number of nitrogens with zero attached hydrogens (tertiary/aromatic N) is 3. The average Bonchev–Trinajstić information content (AvgIpc) is 2.78. The van der Waals surface area contributed by atoms with Gasteiger partial charge >= 0.3 is 5.97 Å². The Morgan fingerprint density at radius 2 is 1.97 bits per heavy atom. The first-order valence-electron chi connectivity index (χ1n) is 10.7. The van der Waals surface area contributed by atoms with Gasteiger partial charge in [-0.15, -0.1) is 0 Å². The number of esters is 1.